The molecule has 102 valence electrons. The van der Waals surface area contributed by atoms with E-state index in [1.54, 1.807) is 0 Å². The molecule has 0 bridgehead atoms. The first-order chi connectivity index (χ1) is 8.60. The fourth-order valence-electron chi connectivity index (χ4n) is 1.60. The fourth-order valence-corrected chi connectivity index (χ4v) is 1.60. The molecule has 6 nitrogen and oxygen atoms in total. The molecule has 0 radical (unpaired) electrons. The van der Waals surface area contributed by atoms with Crippen molar-refractivity contribution in [2.45, 2.75) is 32.3 Å². The maximum absolute atomic E-state index is 11.8. The number of esters is 1. The van der Waals surface area contributed by atoms with E-state index in [0.717, 1.165) is 12.8 Å². The monoisotopic (exact) mass is 257 g/mol. The molecule has 0 aromatic rings. The Morgan fingerprint density at radius 2 is 2.28 bits per heavy atom. The molecule has 1 unspecified atom stereocenters. The third-order valence-electron chi connectivity index (χ3n) is 2.62. The standard InChI is InChI=1S/C12H19NO5/c1-3-4-7-18-11(15)10-8-9(14)5-6-13(10)12(16)17-2/h8-9,14H,3-7H2,1-2H3. The summed E-state index contributed by atoms with van der Waals surface area (Å²) in [6, 6.07) is 0. The molecule has 1 aliphatic rings. The van der Waals surface area contributed by atoms with Gasteiger partial charge >= 0.3 is 12.1 Å². The summed E-state index contributed by atoms with van der Waals surface area (Å²) in [5.41, 5.74) is 0.0525. The van der Waals surface area contributed by atoms with Crippen LogP contribution in [0.2, 0.25) is 0 Å². The summed E-state index contributed by atoms with van der Waals surface area (Å²) in [6.45, 7) is 2.53. The Balaban J connectivity index is 2.72. The molecular formula is C12H19NO5. The number of unbranched alkanes of at least 4 members (excludes halogenated alkanes) is 1. The van der Waals surface area contributed by atoms with Crippen molar-refractivity contribution >= 4 is 12.1 Å². The Morgan fingerprint density at radius 1 is 1.56 bits per heavy atom. The molecule has 6 heteroatoms. The van der Waals surface area contributed by atoms with E-state index in [4.69, 9.17) is 4.74 Å². The van der Waals surface area contributed by atoms with Gasteiger partial charge in [-0.25, -0.2) is 9.59 Å². The Hall–Kier alpha value is -1.56. The highest BCUT2D eigenvalue weighted by Gasteiger charge is 2.30. The Labute approximate surface area is 106 Å². The average Bonchev–Trinajstić information content (AvgIpc) is 2.38. The molecule has 1 rings (SSSR count). The van der Waals surface area contributed by atoms with Crippen LogP contribution in [-0.2, 0) is 14.3 Å². The lowest BCUT2D eigenvalue weighted by Crippen LogP contribution is -2.40. The predicted molar refractivity (Wildman–Crippen MR) is 63.7 cm³/mol. The molecule has 0 spiro atoms. The number of ether oxygens (including phenoxy) is 2. The molecule has 1 atom stereocenters. The molecule has 1 heterocycles. The van der Waals surface area contributed by atoms with Gasteiger partial charge in [0, 0.05) is 6.54 Å². The molecule has 18 heavy (non-hydrogen) atoms. The van der Waals surface area contributed by atoms with Crippen LogP contribution in [0.25, 0.3) is 0 Å². The summed E-state index contributed by atoms with van der Waals surface area (Å²) in [6.07, 6.45) is 2.02. The molecule has 0 fully saturated rings. The summed E-state index contributed by atoms with van der Waals surface area (Å²) in [5, 5.41) is 9.51. The summed E-state index contributed by atoms with van der Waals surface area (Å²) < 4.78 is 9.62. The Morgan fingerprint density at radius 3 is 2.89 bits per heavy atom. The van der Waals surface area contributed by atoms with E-state index < -0.39 is 18.2 Å². The van der Waals surface area contributed by atoms with E-state index >= 15 is 0 Å². The molecule has 0 saturated heterocycles. The second kappa shape index (κ2) is 7.00. The molecule has 0 aromatic heterocycles. The third kappa shape index (κ3) is 3.73. The van der Waals surface area contributed by atoms with E-state index in [0.29, 0.717) is 13.0 Å². The number of carbonyl (C=O) groups is 2. The van der Waals surface area contributed by atoms with Gasteiger partial charge in [0.05, 0.1) is 19.8 Å². The van der Waals surface area contributed by atoms with Gasteiger partial charge in [-0.15, -0.1) is 0 Å². The number of nitrogens with zero attached hydrogens (tertiary/aromatic N) is 1. The van der Waals surface area contributed by atoms with Crippen LogP contribution in [0.5, 0.6) is 0 Å². The largest absolute Gasteiger partial charge is 0.461 e. The van der Waals surface area contributed by atoms with E-state index in [-0.39, 0.29) is 12.2 Å². The number of methoxy groups -OCH3 is 1. The molecule has 1 amide bonds. The number of carbonyl (C=O) groups excluding carboxylic acids is 2. The molecule has 0 aromatic carbocycles. The van der Waals surface area contributed by atoms with Crippen molar-refractivity contribution in [1.82, 2.24) is 4.90 Å². The first-order valence-electron chi connectivity index (χ1n) is 6.02. The lowest BCUT2D eigenvalue weighted by Gasteiger charge is -2.27. The summed E-state index contributed by atoms with van der Waals surface area (Å²) >= 11 is 0. The predicted octanol–water partition coefficient (Wildman–Crippen LogP) is 1.05. The van der Waals surface area contributed by atoms with Gasteiger partial charge in [-0.05, 0) is 18.9 Å². The van der Waals surface area contributed by atoms with Gasteiger partial charge in [-0.3, -0.25) is 4.90 Å². The Bertz CT molecular complexity index is 339. The van der Waals surface area contributed by atoms with Crippen molar-refractivity contribution in [3.63, 3.8) is 0 Å². The lowest BCUT2D eigenvalue weighted by molar-refractivity contribution is -0.141. The maximum Gasteiger partial charge on any atom is 0.414 e. The average molecular weight is 257 g/mol. The molecule has 1 N–H and O–H groups in total. The van der Waals surface area contributed by atoms with Gasteiger partial charge in [0.25, 0.3) is 0 Å². The zero-order valence-corrected chi connectivity index (χ0v) is 10.7. The van der Waals surface area contributed by atoms with Crippen molar-refractivity contribution in [2.75, 3.05) is 20.3 Å². The Kier molecular flexibility index (Phi) is 5.64. The minimum atomic E-state index is -0.736. The first-order valence-corrected chi connectivity index (χ1v) is 6.02. The van der Waals surface area contributed by atoms with Crippen molar-refractivity contribution in [2.24, 2.45) is 0 Å². The van der Waals surface area contributed by atoms with Crippen molar-refractivity contribution in [3.8, 4) is 0 Å². The highest BCUT2D eigenvalue weighted by Crippen LogP contribution is 2.17. The maximum atomic E-state index is 11.8. The molecule has 0 aliphatic carbocycles. The molecular weight excluding hydrogens is 238 g/mol. The van der Waals surface area contributed by atoms with Gasteiger partial charge in [0.15, 0.2) is 0 Å². The van der Waals surface area contributed by atoms with Crippen LogP contribution in [0.3, 0.4) is 0 Å². The van der Waals surface area contributed by atoms with Crippen molar-refractivity contribution in [3.05, 3.63) is 11.8 Å². The fraction of sp³-hybridized carbons (Fsp3) is 0.667. The van der Waals surface area contributed by atoms with Crippen LogP contribution in [-0.4, -0.2) is 48.4 Å². The number of rotatable bonds is 4. The molecule has 0 saturated carbocycles. The first kappa shape index (κ1) is 14.5. The number of aliphatic hydroxyl groups excluding tert-OH is 1. The van der Waals surface area contributed by atoms with Gasteiger partial charge < -0.3 is 14.6 Å². The van der Waals surface area contributed by atoms with E-state index in [2.05, 4.69) is 4.74 Å². The second-order valence-electron chi connectivity index (χ2n) is 4.02. The van der Waals surface area contributed by atoms with Gasteiger partial charge in [0.1, 0.15) is 5.70 Å². The van der Waals surface area contributed by atoms with E-state index in [9.17, 15) is 14.7 Å². The second-order valence-corrected chi connectivity index (χ2v) is 4.02. The highest BCUT2D eigenvalue weighted by molar-refractivity contribution is 5.92. The topological polar surface area (TPSA) is 76.1 Å². The summed E-state index contributed by atoms with van der Waals surface area (Å²) in [7, 11) is 1.24. The van der Waals surface area contributed by atoms with Gasteiger partial charge in [-0.2, -0.15) is 0 Å². The number of hydrogen-bond donors (Lipinski definition) is 1. The highest BCUT2D eigenvalue weighted by atomic mass is 16.6. The van der Waals surface area contributed by atoms with E-state index in [1.807, 2.05) is 6.92 Å². The minimum absolute atomic E-state index is 0.0525. The quantitative estimate of drug-likeness (QED) is 0.601. The van der Waals surface area contributed by atoms with Crippen LogP contribution in [0.4, 0.5) is 4.79 Å². The van der Waals surface area contributed by atoms with Crippen LogP contribution in [0.1, 0.15) is 26.2 Å². The van der Waals surface area contributed by atoms with Crippen molar-refractivity contribution in [1.29, 1.82) is 0 Å². The van der Waals surface area contributed by atoms with Crippen LogP contribution < -0.4 is 0 Å². The third-order valence-corrected chi connectivity index (χ3v) is 2.62. The van der Waals surface area contributed by atoms with E-state index in [1.165, 1.54) is 18.1 Å². The van der Waals surface area contributed by atoms with Gasteiger partial charge in [0.2, 0.25) is 0 Å². The number of hydrogen-bond acceptors (Lipinski definition) is 5. The zero-order valence-electron chi connectivity index (χ0n) is 10.7. The number of amides is 1. The normalized spacial score (nSPS) is 19.2. The number of aliphatic hydroxyl groups is 1. The van der Waals surface area contributed by atoms with Crippen LogP contribution in [0.15, 0.2) is 11.8 Å². The zero-order chi connectivity index (χ0) is 13.5. The van der Waals surface area contributed by atoms with Crippen LogP contribution in [0, 0.1) is 0 Å². The molecule has 1 aliphatic heterocycles. The van der Waals surface area contributed by atoms with Crippen LogP contribution >= 0.6 is 0 Å². The SMILES string of the molecule is CCCCOC(=O)C1=CC(O)CCN1C(=O)OC. The van der Waals surface area contributed by atoms with Gasteiger partial charge in [-0.1, -0.05) is 13.3 Å². The minimum Gasteiger partial charge on any atom is -0.461 e. The lowest BCUT2D eigenvalue weighted by atomic mass is 10.1. The summed E-state index contributed by atoms with van der Waals surface area (Å²) in [4.78, 5) is 24.5. The smallest absolute Gasteiger partial charge is 0.414 e. The summed E-state index contributed by atoms with van der Waals surface area (Å²) in [5.74, 6) is -0.604. The van der Waals surface area contributed by atoms with Crippen molar-refractivity contribution < 1.29 is 24.2 Å².